The van der Waals surface area contributed by atoms with Crippen LogP contribution in [0.3, 0.4) is 0 Å². The van der Waals surface area contributed by atoms with E-state index in [1.807, 2.05) is 0 Å². The van der Waals surface area contributed by atoms with E-state index in [1.54, 1.807) is 0 Å². The van der Waals surface area contributed by atoms with Crippen LogP contribution >= 0.6 is 0 Å². The van der Waals surface area contributed by atoms with Crippen molar-refractivity contribution in [3.05, 3.63) is 35.4 Å². The third kappa shape index (κ3) is 4.95. The van der Waals surface area contributed by atoms with Crippen LogP contribution in [0, 0.1) is 0 Å². The maximum Gasteiger partial charge on any atom is 0.417 e. The highest BCUT2D eigenvalue weighted by Gasteiger charge is 2.34. The molecule has 2 rings (SSSR count). The average molecular weight is 329 g/mol. The number of nitrogens with one attached hydrogen (secondary N) is 3. The first-order valence-corrected chi connectivity index (χ1v) is 7.32. The van der Waals surface area contributed by atoms with Crippen LogP contribution in [0.25, 0.3) is 0 Å². The number of halogens is 3. The van der Waals surface area contributed by atoms with Crippen LogP contribution in [0.15, 0.2) is 24.3 Å². The Balaban J connectivity index is 1.86. The summed E-state index contributed by atoms with van der Waals surface area (Å²) in [5, 5.41) is 8.05. The second-order valence-electron chi connectivity index (χ2n) is 5.32. The minimum absolute atomic E-state index is 0.209. The molecule has 1 unspecified atom stereocenters. The molecule has 0 aliphatic carbocycles. The summed E-state index contributed by atoms with van der Waals surface area (Å²) in [6, 6.07) is 4.68. The van der Waals surface area contributed by atoms with Crippen molar-refractivity contribution in [1.82, 2.24) is 16.0 Å². The molecule has 5 nitrogen and oxygen atoms in total. The van der Waals surface area contributed by atoms with Crippen LogP contribution in [0.5, 0.6) is 0 Å². The fourth-order valence-electron chi connectivity index (χ4n) is 2.41. The largest absolute Gasteiger partial charge is 0.417 e. The molecule has 1 aliphatic heterocycles. The lowest BCUT2D eigenvalue weighted by Gasteiger charge is -2.14. The van der Waals surface area contributed by atoms with Gasteiger partial charge in [-0.2, -0.15) is 13.2 Å². The third-order valence-corrected chi connectivity index (χ3v) is 3.59. The molecule has 1 saturated heterocycles. The molecule has 1 aromatic rings. The van der Waals surface area contributed by atoms with E-state index in [9.17, 15) is 22.8 Å². The summed E-state index contributed by atoms with van der Waals surface area (Å²) >= 11 is 0. The number of carbonyl (C=O) groups is 2. The summed E-state index contributed by atoms with van der Waals surface area (Å²) in [4.78, 5) is 23.5. The molecule has 1 fully saturated rings. The number of hydrogen-bond donors (Lipinski definition) is 3. The van der Waals surface area contributed by atoms with E-state index in [2.05, 4.69) is 16.0 Å². The maximum absolute atomic E-state index is 12.8. The fourth-order valence-corrected chi connectivity index (χ4v) is 2.41. The van der Waals surface area contributed by atoms with Crippen molar-refractivity contribution in [1.29, 1.82) is 0 Å². The number of rotatable bonds is 5. The number of hydrogen-bond acceptors (Lipinski definition) is 3. The second kappa shape index (κ2) is 7.45. The van der Waals surface area contributed by atoms with Gasteiger partial charge in [-0.3, -0.25) is 9.59 Å². The van der Waals surface area contributed by atoms with Gasteiger partial charge in [-0.05, 0) is 31.5 Å². The molecule has 0 spiro atoms. The Labute approximate surface area is 131 Å². The Morgan fingerprint density at radius 3 is 2.61 bits per heavy atom. The summed E-state index contributed by atoms with van der Waals surface area (Å²) in [7, 11) is 0. The molecule has 3 N–H and O–H groups in total. The molecule has 1 aromatic carbocycles. The Morgan fingerprint density at radius 1 is 1.22 bits per heavy atom. The van der Waals surface area contributed by atoms with Gasteiger partial charge in [0.15, 0.2) is 0 Å². The zero-order chi connectivity index (χ0) is 16.9. The summed E-state index contributed by atoms with van der Waals surface area (Å²) < 4.78 is 38.5. The van der Waals surface area contributed by atoms with Crippen LogP contribution in [0.2, 0.25) is 0 Å². The van der Waals surface area contributed by atoms with Gasteiger partial charge in [0, 0.05) is 12.6 Å². The molecule has 0 aromatic heterocycles. The van der Waals surface area contributed by atoms with Crippen molar-refractivity contribution in [2.45, 2.75) is 25.1 Å². The van der Waals surface area contributed by atoms with Gasteiger partial charge >= 0.3 is 6.18 Å². The van der Waals surface area contributed by atoms with Crippen molar-refractivity contribution >= 4 is 11.8 Å². The van der Waals surface area contributed by atoms with E-state index in [0.29, 0.717) is 6.54 Å². The predicted molar refractivity (Wildman–Crippen MR) is 77.8 cm³/mol. The van der Waals surface area contributed by atoms with Gasteiger partial charge in [0.2, 0.25) is 5.91 Å². The van der Waals surface area contributed by atoms with Crippen molar-refractivity contribution in [2.24, 2.45) is 0 Å². The smallest absolute Gasteiger partial charge is 0.353 e. The molecule has 0 bridgehead atoms. The summed E-state index contributed by atoms with van der Waals surface area (Å²) in [5.41, 5.74) is -1.52. The van der Waals surface area contributed by atoms with Crippen molar-refractivity contribution < 1.29 is 22.8 Å². The maximum atomic E-state index is 12.8. The summed E-state index contributed by atoms with van der Waals surface area (Å²) in [6.07, 6.45) is -2.61. The molecule has 126 valence electrons. The molecular weight excluding hydrogens is 311 g/mol. The predicted octanol–water partition coefficient (Wildman–Crippen LogP) is 1.30. The van der Waals surface area contributed by atoms with Crippen LogP contribution in [-0.2, 0) is 11.0 Å². The number of amides is 2. The van der Waals surface area contributed by atoms with E-state index < -0.39 is 29.1 Å². The van der Waals surface area contributed by atoms with Gasteiger partial charge in [0.25, 0.3) is 5.91 Å². The molecule has 1 heterocycles. The molecule has 23 heavy (non-hydrogen) atoms. The Kier molecular flexibility index (Phi) is 5.59. The Bertz CT molecular complexity index is 569. The number of carbonyl (C=O) groups excluding carboxylic acids is 2. The molecule has 0 radical (unpaired) electrons. The van der Waals surface area contributed by atoms with E-state index in [4.69, 9.17) is 0 Å². The summed E-state index contributed by atoms with van der Waals surface area (Å²) in [6.45, 7) is 0.983. The SMILES string of the molecule is O=C(CNC(=O)c1ccccc1C(F)(F)F)NCC1CCCN1. The van der Waals surface area contributed by atoms with Crippen molar-refractivity contribution in [3.8, 4) is 0 Å². The van der Waals surface area contributed by atoms with E-state index in [-0.39, 0.29) is 12.6 Å². The minimum Gasteiger partial charge on any atom is -0.353 e. The molecule has 0 saturated carbocycles. The monoisotopic (exact) mass is 329 g/mol. The Hall–Kier alpha value is -2.09. The number of alkyl halides is 3. The topological polar surface area (TPSA) is 70.2 Å². The molecule has 2 amide bonds. The highest BCUT2D eigenvalue weighted by Crippen LogP contribution is 2.31. The van der Waals surface area contributed by atoms with Gasteiger partial charge in [-0.15, -0.1) is 0 Å². The van der Waals surface area contributed by atoms with Crippen molar-refractivity contribution in [3.63, 3.8) is 0 Å². The van der Waals surface area contributed by atoms with Gasteiger partial charge in [-0.25, -0.2) is 0 Å². The normalized spacial score (nSPS) is 17.8. The zero-order valence-corrected chi connectivity index (χ0v) is 12.4. The van der Waals surface area contributed by atoms with Gasteiger partial charge in [-0.1, -0.05) is 12.1 Å². The standard InChI is InChI=1S/C15H18F3N3O2/c16-15(17,18)12-6-2-1-5-11(12)14(23)21-9-13(22)20-8-10-4-3-7-19-10/h1-2,5-6,10,19H,3-4,7-9H2,(H,20,22)(H,21,23). The van der Waals surface area contributed by atoms with Crippen LogP contribution in [0.1, 0.15) is 28.8 Å². The first-order valence-electron chi connectivity index (χ1n) is 7.32. The van der Waals surface area contributed by atoms with Crippen LogP contribution in [0.4, 0.5) is 13.2 Å². The van der Waals surface area contributed by atoms with Crippen molar-refractivity contribution in [2.75, 3.05) is 19.6 Å². The highest BCUT2D eigenvalue weighted by molar-refractivity contribution is 5.97. The second-order valence-corrected chi connectivity index (χ2v) is 5.32. The first-order chi connectivity index (χ1) is 10.9. The fraction of sp³-hybridized carbons (Fsp3) is 0.467. The highest BCUT2D eigenvalue weighted by atomic mass is 19.4. The molecule has 1 aliphatic rings. The van der Waals surface area contributed by atoms with Gasteiger partial charge < -0.3 is 16.0 Å². The molecule has 1 atom stereocenters. The Morgan fingerprint density at radius 2 is 1.96 bits per heavy atom. The van der Waals surface area contributed by atoms with E-state index >= 15 is 0 Å². The lowest BCUT2D eigenvalue weighted by Crippen LogP contribution is -2.42. The average Bonchev–Trinajstić information content (AvgIpc) is 3.03. The zero-order valence-electron chi connectivity index (χ0n) is 12.4. The van der Waals surface area contributed by atoms with Gasteiger partial charge in [0.1, 0.15) is 0 Å². The lowest BCUT2D eigenvalue weighted by atomic mass is 10.1. The van der Waals surface area contributed by atoms with E-state index in [0.717, 1.165) is 31.5 Å². The third-order valence-electron chi connectivity index (χ3n) is 3.59. The number of benzene rings is 1. The van der Waals surface area contributed by atoms with E-state index in [1.165, 1.54) is 12.1 Å². The van der Waals surface area contributed by atoms with Gasteiger partial charge in [0.05, 0.1) is 17.7 Å². The quantitative estimate of drug-likeness (QED) is 0.763. The van der Waals surface area contributed by atoms with Crippen LogP contribution in [-0.4, -0.2) is 37.5 Å². The minimum atomic E-state index is -4.62. The first kappa shape index (κ1) is 17.3. The van der Waals surface area contributed by atoms with Crippen LogP contribution < -0.4 is 16.0 Å². The molecular formula is C15H18F3N3O2. The molecule has 8 heteroatoms. The summed E-state index contributed by atoms with van der Waals surface area (Å²) in [5.74, 6) is -1.36. The lowest BCUT2D eigenvalue weighted by molar-refractivity contribution is -0.137.